The van der Waals surface area contributed by atoms with Gasteiger partial charge in [-0.25, -0.2) is 0 Å². The van der Waals surface area contributed by atoms with E-state index in [0.29, 0.717) is 13.0 Å². The van der Waals surface area contributed by atoms with Crippen LogP contribution in [-0.4, -0.2) is 27.7 Å². The molecule has 0 aromatic heterocycles. The van der Waals surface area contributed by atoms with E-state index in [9.17, 15) is 0 Å². The average molecular weight is 289 g/mol. The molecule has 0 spiro atoms. The predicted octanol–water partition coefficient (Wildman–Crippen LogP) is 0.216. The molecule has 1 rings (SSSR count). The summed E-state index contributed by atoms with van der Waals surface area (Å²) >= 11 is 0. The second kappa shape index (κ2) is 7.17. The molecule has 0 aliphatic carbocycles. The molecule has 0 aliphatic heterocycles. The first kappa shape index (κ1) is 15.2. The van der Waals surface area contributed by atoms with E-state index in [-0.39, 0.29) is 44.8 Å². The number of nitrogens with two attached hydrogens (primary N) is 1. The summed E-state index contributed by atoms with van der Waals surface area (Å²) in [6.45, 7) is 0.546. The maximum absolute atomic E-state index is 9.04. The monoisotopic (exact) mass is 288 g/mol. The standard InChI is InChI=1S/C8H11NO2.Ag.Si/c9-4-3-6-1-2-7(10)8(11)5-6;;/h1-2,5,10-11H,3-4,9H2;;. The van der Waals surface area contributed by atoms with Gasteiger partial charge < -0.3 is 15.9 Å². The van der Waals surface area contributed by atoms with Crippen LogP contribution in [0.1, 0.15) is 5.56 Å². The molecule has 1 aromatic carbocycles. The Hall–Kier alpha value is -0.263. The van der Waals surface area contributed by atoms with Gasteiger partial charge in [-0.1, -0.05) is 6.07 Å². The Morgan fingerprint density at radius 2 is 1.77 bits per heavy atom. The summed E-state index contributed by atoms with van der Waals surface area (Å²) in [7, 11) is 0. The van der Waals surface area contributed by atoms with Crippen molar-refractivity contribution < 1.29 is 32.6 Å². The van der Waals surface area contributed by atoms with Gasteiger partial charge in [0.25, 0.3) is 0 Å². The molecule has 5 radical (unpaired) electrons. The van der Waals surface area contributed by atoms with Crippen LogP contribution in [0.15, 0.2) is 18.2 Å². The predicted molar refractivity (Wildman–Crippen MR) is 48.3 cm³/mol. The molecule has 0 heterocycles. The van der Waals surface area contributed by atoms with Crippen LogP contribution in [0, 0.1) is 0 Å². The van der Waals surface area contributed by atoms with Gasteiger partial charge in [-0.3, -0.25) is 0 Å². The van der Waals surface area contributed by atoms with Gasteiger partial charge in [0.1, 0.15) is 0 Å². The number of phenols is 2. The number of aromatic hydroxyl groups is 2. The van der Waals surface area contributed by atoms with Gasteiger partial charge >= 0.3 is 0 Å². The van der Waals surface area contributed by atoms with E-state index in [0.717, 1.165) is 5.56 Å². The zero-order chi connectivity index (χ0) is 8.27. The van der Waals surface area contributed by atoms with E-state index in [4.69, 9.17) is 15.9 Å². The van der Waals surface area contributed by atoms with Gasteiger partial charge in [0.15, 0.2) is 11.5 Å². The topological polar surface area (TPSA) is 66.5 Å². The third kappa shape index (κ3) is 4.49. The molecule has 0 amide bonds. The SMILES string of the molecule is NCCc1ccc(O)c(O)c1.[Ag].[Si]. The molecule has 0 unspecified atom stereocenters. The van der Waals surface area contributed by atoms with Crippen molar-refractivity contribution in [3.05, 3.63) is 23.8 Å². The molecule has 0 saturated heterocycles. The number of rotatable bonds is 2. The summed E-state index contributed by atoms with van der Waals surface area (Å²) in [4.78, 5) is 0. The third-order valence-corrected chi connectivity index (χ3v) is 1.47. The molecule has 13 heavy (non-hydrogen) atoms. The molecule has 5 heteroatoms. The zero-order valence-corrected chi connectivity index (χ0v) is 9.40. The van der Waals surface area contributed by atoms with Crippen molar-refractivity contribution in [1.82, 2.24) is 0 Å². The largest absolute Gasteiger partial charge is 0.504 e. The molecular weight excluding hydrogens is 278 g/mol. The number of hydrogen-bond acceptors (Lipinski definition) is 3. The van der Waals surface area contributed by atoms with Crippen molar-refractivity contribution >= 4 is 11.0 Å². The zero-order valence-electron chi connectivity index (χ0n) is 6.92. The maximum atomic E-state index is 9.04. The van der Waals surface area contributed by atoms with Crippen LogP contribution in [0.25, 0.3) is 0 Å². The Labute approximate surface area is 97.5 Å². The Kier molecular flexibility index (Phi) is 8.40. The van der Waals surface area contributed by atoms with Crippen LogP contribution in [0.3, 0.4) is 0 Å². The normalized spacial score (nSPS) is 8.38. The molecule has 0 fully saturated rings. The van der Waals surface area contributed by atoms with Crippen LogP contribution in [0.4, 0.5) is 0 Å². The molecule has 0 saturated carbocycles. The second-order valence-corrected chi connectivity index (χ2v) is 2.36. The fraction of sp³-hybridized carbons (Fsp3) is 0.250. The van der Waals surface area contributed by atoms with Crippen LogP contribution >= 0.6 is 0 Å². The summed E-state index contributed by atoms with van der Waals surface area (Å²) in [5.74, 6) is -0.179. The number of hydrogen-bond donors (Lipinski definition) is 3. The molecule has 1 aromatic rings. The van der Waals surface area contributed by atoms with Crippen molar-refractivity contribution in [3.63, 3.8) is 0 Å². The van der Waals surface area contributed by atoms with Crippen LogP contribution in [-0.2, 0) is 28.8 Å². The van der Waals surface area contributed by atoms with Gasteiger partial charge in [0.05, 0.1) is 0 Å². The van der Waals surface area contributed by atoms with Crippen LogP contribution < -0.4 is 5.73 Å². The summed E-state index contributed by atoms with van der Waals surface area (Å²) < 4.78 is 0. The summed E-state index contributed by atoms with van der Waals surface area (Å²) in [5.41, 5.74) is 6.24. The average Bonchev–Trinajstić information content (AvgIpc) is 1.98. The van der Waals surface area contributed by atoms with Crippen molar-refractivity contribution in [2.24, 2.45) is 5.73 Å². The Morgan fingerprint density at radius 1 is 1.15 bits per heavy atom. The van der Waals surface area contributed by atoms with Crippen LogP contribution in [0.5, 0.6) is 11.5 Å². The van der Waals surface area contributed by atoms with Crippen LogP contribution in [0.2, 0.25) is 0 Å². The van der Waals surface area contributed by atoms with Crippen molar-refractivity contribution in [2.75, 3.05) is 6.54 Å². The van der Waals surface area contributed by atoms with Gasteiger partial charge in [-0.05, 0) is 30.7 Å². The van der Waals surface area contributed by atoms with E-state index in [1.54, 1.807) is 6.07 Å². The first-order valence-corrected chi connectivity index (χ1v) is 3.45. The smallest absolute Gasteiger partial charge is 0.157 e. The molecule has 0 bridgehead atoms. The van der Waals surface area contributed by atoms with Gasteiger partial charge in [0, 0.05) is 33.3 Å². The third-order valence-electron chi connectivity index (χ3n) is 1.47. The minimum Gasteiger partial charge on any atom is -0.504 e. The van der Waals surface area contributed by atoms with E-state index in [2.05, 4.69) is 0 Å². The molecule has 0 atom stereocenters. The number of phenolic OH excluding ortho intramolecular Hbond substituents is 2. The van der Waals surface area contributed by atoms with E-state index >= 15 is 0 Å². The summed E-state index contributed by atoms with van der Waals surface area (Å²) in [5, 5.41) is 18.0. The van der Waals surface area contributed by atoms with Gasteiger partial charge in [0.2, 0.25) is 0 Å². The molecule has 75 valence electrons. The Morgan fingerprint density at radius 3 is 2.23 bits per heavy atom. The van der Waals surface area contributed by atoms with E-state index < -0.39 is 0 Å². The second-order valence-electron chi connectivity index (χ2n) is 2.36. The number of benzene rings is 1. The van der Waals surface area contributed by atoms with Gasteiger partial charge in [-0.15, -0.1) is 0 Å². The molecule has 4 N–H and O–H groups in total. The first-order valence-electron chi connectivity index (χ1n) is 3.45. The molecule has 0 aliphatic rings. The fourth-order valence-electron chi connectivity index (χ4n) is 0.891. The van der Waals surface area contributed by atoms with E-state index in [1.165, 1.54) is 12.1 Å². The minimum atomic E-state index is -0.0919. The molecular formula is C8H11AgNO2Si. The quantitative estimate of drug-likeness (QED) is 0.539. The fourth-order valence-corrected chi connectivity index (χ4v) is 0.891. The molecule has 3 nitrogen and oxygen atoms in total. The van der Waals surface area contributed by atoms with E-state index in [1.807, 2.05) is 0 Å². The van der Waals surface area contributed by atoms with Gasteiger partial charge in [-0.2, -0.15) is 0 Å². The summed E-state index contributed by atoms with van der Waals surface area (Å²) in [6, 6.07) is 4.71. The van der Waals surface area contributed by atoms with Crippen molar-refractivity contribution in [2.45, 2.75) is 6.42 Å². The maximum Gasteiger partial charge on any atom is 0.157 e. The Bertz CT molecular complexity index is 258. The first-order chi connectivity index (χ1) is 5.24. The summed E-state index contributed by atoms with van der Waals surface area (Å²) in [6.07, 6.45) is 0.716. The Balaban J connectivity index is 0. The van der Waals surface area contributed by atoms with Crippen molar-refractivity contribution in [3.8, 4) is 11.5 Å². The van der Waals surface area contributed by atoms with Crippen molar-refractivity contribution in [1.29, 1.82) is 0 Å². The minimum absolute atomic E-state index is 0.